The molecule has 0 saturated carbocycles. The van der Waals surface area contributed by atoms with Crippen molar-refractivity contribution in [3.63, 3.8) is 0 Å². The third-order valence-electron chi connectivity index (χ3n) is 6.05. The third-order valence-corrected chi connectivity index (χ3v) is 6.98. The minimum absolute atomic E-state index is 0.0452. The van der Waals surface area contributed by atoms with E-state index in [4.69, 9.17) is 14.2 Å². The summed E-state index contributed by atoms with van der Waals surface area (Å²) in [6.45, 7) is 9.10. The molecule has 0 saturated heterocycles. The Labute approximate surface area is 233 Å². The third kappa shape index (κ3) is 6.72. The predicted octanol–water partition coefficient (Wildman–Crippen LogP) is 6.38. The lowest BCUT2D eigenvalue weighted by atomic mass is 9.87. The van der Waals surface area contributed by atoms with Crippen LogP contribution in [0.5, 0.6) is 17.2 Å². The van der Waals surface area contributed by atoms with E-state index in [9.17, 15) is 4.79 Å². The summed E-state index contributed by atoms with van der Waals surface area (Å²) >= 11 is 1.31. The van der Waals surface area contributed by atoms with Crippen LogP contribution in [0.4, 0.5) is 5.69 Å². The van der Waals surface area contributed by atoms with Crippen LogP contribution in [0.2, 0.25) is 0 Å². The lowest BCUT2D eigenvalue weighted by molar-refractivity contribution is -0.113. The van der Waals surface area contributed by atoms with Crippen molar-refractivity contribution in [3.05, 3.63) is 72.3 Å². The molecule has 39 heavy (non-hydrogen) atoms. The first kappa shape index (κ1) is 28.0. The number of carbonyl (C=O) groups is 1. The molecule has 0 unspecified atom stereocenters. The van der Waals surface area contributed by atoms with E-state index in [2.05, 4.69) is 60.6 Å². The molecule has 4 aromatic rings. The Hall–Kier alpha value is -3.98. The predicted molar refractivity (Wildman–Crippen MR) is 156 cm³/mol. The molecule has 1 heterocycles. The number of benzene rings is 3. The molecule has 0 spiro atoms. The van der Waals surface area contributed by atoms with Crippen molar-refractivity contribution < 1.29 is 19.0 Å². The van der Waals surface area contributed by atoms with Crippen molar-refractivity contribution in [1.29, 1.82) is 0 Å². The number of amides is 1. The average molecular weight is 547 g/mol. The summed E-state index contributed by atoms with van der Waals surface area (Å²) in [4.78, 5) is 12.8. The highest BCUT2D eigenvalue weighted by Crippen LogP contribution is 2.32. The second kappa shape index (κ2) is 12.3. The van der Waals surface area contributed by atoms with E-state index in [1.165, 1.54) is 17.3 Å². The van der Waals surface area contributed by atoms with Gasteiger partial charge in [0.15, 0.2) is 22.5 Å². The molecule has 0 radical (unpaired) electrons. The number of aromatic nitrogens is 3. The molecule has 4 rings (SSSR count). The maximum Gasteiger partial charge on any atom is 0.234 e. The van der Waals surface area contributed by atoms with Crippen molar-refractivity contribution in [2.45, 2.75) is 38.3 Å². The second-order valence-electron chi connectivity index (χ2n) is 9.80. The molecule has 204 valence electrons. The van der Waals surface area contributed by atoms with Gasteiger partial charge in [-0.3, -0.25) is 9.36 Å². The number of hydrogen-bond donors (Lipinski definition) is 1. The van der Waals surface area contributed by atoms with Gasteiger partial charge in [0.25, 0.3) is 0 Å². The zero-order valence-corrected chi connectivity index (χ0v) is 24.0. The summed E-state index contributed by atoms with van der Waals surface area (Å²) in [5.41, 5.74) is 3.71. The monoisotopic (exact) mass is 546 g/mol. The molecule has 9 heteroatoms. The molecule has 1 amide bonds. The molecule has 0 aliphatic carbocycles. The van der Waals surface area contributed by atoms with Crippen molar-refractivity contribution in [3.8, 4) is 34.3 Å². The first-order valence-corrected chi connectivity index (χ1v) is 13.7. The lowest BCUT2D eigenvalue weighted by Crippen LogP contribution is -2.14. The molecule has 0 aliphatic heterocycles. The van der Waals surface area contributed by atoms with Gasteiger partial charge in [0.05, 0.1) is 26.6 Å². The molecule has 3 aromatic carbocycles. The van der Waals surface area contributed by atoms with E-state index in [0.717, 1.165) is 17.0 Å². The molecule has 0 aliphatic rings. The Morgan fingerprint density at radius 3 is 2.23 bits per heavy atom. The van der Waals surface area contributed by atoms with Gasteiger partial charge in [-0.25, -0.2) is 0 Å². The maximum absolute atomic E-state index is 12.8. The molecular weight excluding hydrogens is 512 g/mol. The van der Waals surface area contributed by atoms with Crippen LogP contribution in [0.1, 0.15) is 33.3 Å². The topological polar surface area (TPSA) is 87.5 Å². The molecule has 0 atom stereocenters. The van der Waals surface area contributed by atoms with Crippen LogP contribution < -0.4 is 19.5 Å². The number of anilines is 1. The van der Waals surface area contributed by atoms with Crippen molar-refractivity contribution in [2.75, 3.05) is 31.9 Å². The number of carbonyl (C=O) groups excluding carboxylic acids is 1. The summed E-state index contributed by atoms with van der Waals surface area (Å²) in [5.74, 6) is 2.59. The van der Waals surface area contributed by atoms with Crippen LogP contribution in [-0.4, -0.2) is 47.3 Å². The van der Waals surface area contributed by atoms with Crippen LogP contribution in [-0.2, 0) is 10.2 Å². The van der Waals surface area contributed by atoms with Crippen LogP contribution >= 0.6 is 11.8 Å². The summed E-state index contributed by atoms with van der Waals surface area (Å²) in [5, 5.41) is 12.5. The van der Waals surface area contributed by atoms with Crippen LogP contribution in [0.3, 0.4) is 0 Å². The van der Waals surface area contributed by atoms with Gasteiger partial charge in [0, 0.05) is 23.0 Å². The number of nitrogens with one attached hydrogen (secondary N) is 1. The second-order valence-corrected chi connectivity index (χ2v) is 10.7. The summed E-state index contributed by atoms with van der Waals surface area (Å²) in [6, 6.07) is 21.4. The maximum atomic E-state index is 12.8. The SMILES string of the molecule is CCOc1ccc(-n2c(SCC(=O)Nc3ccc(OC)c(OC)c3)nnc2-c2ccc(C(C)(C)C)cc2)cc1. The van der Waals surface area contributed by atoms with Crippen LogP contribution in [0, 0.1) is 0 Å². The number of methoxy groups -OCH3 is 2. The van der Waals surface area contributed by atoms with Crippen LogP contribution in [0.15, 0.2) is 71.9 Å². The number of ether oxygens (including phenoxy) is 3. The first-order valence-electron chi connectivity index (χ1n) is 12.7. The molecule has 1 N–H and O–H groups in total. The Morgan fingerprint density at radius 1 is 0.923 bits per heavy atom. The fourth-order valence-corrected chi connectivity index (χ4v) is 4.75. The fraction of sp³-hybridized carbons (Fsp3) is 0.300. The smallest absolute Gasteiger partial charge is 0.234 e. The van der Waals surface area contributed by atoms with E-state index in [1.807, 2.05) is 35.8 Å². The summed E-state index contributed by atoms with van der Waals surface area (Å²) in [7, 11) is 3.13. The van der Waals surface area contributed by atoms with Gasteiger partial charge in [-0.05, 0) is 54.3 Å². The molecule has 0 bridgehead atoms. The normalized spacial score (nSPS) is 11.2. The zero-order valence-electron chi connectivity index (χ0n) is 23.1. The largest absolute Gasteiger partial charge is 0.494 e. The van der Waals surface area contributed by atoms with E-state index >= 15 is 0 Å². The number of nitrogens with zero attached hydrogens (tertiary/aromatic N) is 3. The standard InChI is InChI=1S/C30H34N4O4S/c1-7-38-24-15-13-23(14-16-24)34-28(20-8-10-21(11-9-20)30(2,3)4)32-33-29(34)39-19-27(35)31-22-12-17-25(36-5)26(18-22)37-6/h8-18H,7,19H2,1-6H3,(H,31,35). The molecular formula is C30H34N4O4S. The number of rotatable bonds is 10. The summed E-state index contributed by atoms with van der Waals surface area (Å²) < 4.78 is 18.2. The lowest BCUT2D eigenvalue weighted by Gasteiger charge is -2.19. The minimum Gasteiger partial charge on any atom is -0.494 e. The number of hydrogen-bond acceptors (Lipinski definition) is 7. The van der Waals surface area contributed by atoms with Crippen molar-refractivity contribution in [2.24, 2.45) is 0 Å². The van der Waals surface area contributed by atoms with Gasteiger partial charge in [-0.1, -0.05) is 56.8 Å². The van der Waals surface area contributed by atoms with Gasteiger partial charge < -0.3 is 19.5 Å². The van der Waals surface area contributed by atoms with E-state index < -0.39 is 0 Å². The Morgan fingerprint density at radius 2 is 1.62 bits per heavy atom. The van der Waals surface area contributed by atoms with Gasteiger partial charge in [-0.15, -0.1) is 10.2 Å². The van der Waals surface area contributed by atoms with E-state index in [1.54, 1.807) is 32.4 Å². The zero-order chi connectivity index (χ0) is 28.0. The summed E-state index contributed by atoms with van der Waals surface area (Å²) in [6.07, 6.45) is 0. The molecule has 8 nitrogen and oxygen atoms in total. The molecule has 0 fully saturated rings. The van der Waals surface area contributed by atoms with Gasteiger partial charge in [-0.2, -0.15) is 0 Å². The van der Waals surface area contributed by atoms with Gasteiger partial charge >= 0.3 is 0 Å². The Balaban J connectivity index is 1.60. The van der Waals surface area contributed by atoms with Gasteiger partial charge in [0.1, 0.15) is 5.75 Å². The Bertz CT molecular complexity index is 1410. The molecule has 1 aromatic heterocycles. The highest BCUT2D eigenvalue weighted by Gasteiger charge is 2.19. The minimum atomic E-state index is -0.176. The van der Waals surface area contributed by atoms with E-state index in [0.29, 0.717) is 34.8 Å². The highest BCUT2D eigenvalue weighted by molar-refractivity contribution is 7.99. The van der Waals surface area contributed by atoms with Crippen molar-refractivity contribution >= 4 is 23.4 Å². The van der Waals surface area contributed by atoms with Crippen molar-refractivity contribution in [1.82, 2.24) is 14.8 Å². The van der Waals surface area contributed by atoms with Gasteiger partial charge in [0.2, 0.25) is 5.91 Å². The fourth-order valence-electron chi connectivity index (χ4n) is 4.00. The average Bonchev–Trinajstić information content (AvgIpc) is 3.36. The first-order chi connectivity index (χ1) is 18.7. The van der Waals surface area contributed by atoms with Crippen LogP contribution in [0.25, 0.3) is 17.1 Å². The quantitative estimate of drug-likeness (QED) is 0.231. The highest BCUT2D eigenvalue weighted by atomic mass is 32.2. The Kier molecular flexibility index (Phi) is 8.81. The van der Waals surface area contributed by atoms with E-state index in [-0.39, 0.29) is 17.1 Å². The number of thioether (sulfide) groups is 1.